The van der Waals surface area contributed by atoms with Crippen molar-refractivity contribution in [2.24, 2.45) is 5.73 Å². The number of hydrogen-bond donors (Lipinski definition) is 1. The van der Waals surface area contributed by atoms with Crippen molar-refractivity contribution in [2.75, 3.05) is 13.1 Å². The second kappa shape index (κ2) is 6.64. The molecule has 2 rings (SSSR count). The molecule has 0 aliphatic carbocycles. The van der Waals surface area contributed by atoms with Gasteiger partial charge in [0.25, 0.3) is 0 Å². The van der Waals surface area contributed by atoms with Gasteiger partial charge in [0.1, 0.15) is 5.82 Å². The molecule has 0 amide bonds. The van der Waals surface area contributed by atoms with Crippen LogP contribution in [0.2, 0.25) is 0 Å². The summed E-state index contributed by atoms with van der Waals surface area (Å²) in [6.45, 7) is 2.74. The lowest BCUT2D eigenvalue weighted by molar-refractivity contribution is 0.134. The monoisotopic (exact) mass is 314 g/mol. The molecule has 0 spiro atoms. The van der Waals surface area contributed by atoms with Crippen molar-refractivity contribution in [3.05, 3.63) is 34.1 Å². The SMILES string of the molecule is NCCC1CCCCN1Cc1ccc(F)cc1Br. The average molecular weight is 315 g/mol. The fourth-order valence-corrected chi connectivity index (χ4v) is 3.13. The predicted octanol–water partition coefficient (Wildman–Crippen LogP) is 3.29. The molecule has 1 unspecified atom stereocenters. The van der Waals surface area contributed by atoms with Gasteiger partial charge in [0, 0.05) is 17.1 Å². The zero-order valence-corrected chi connectivity index (χ0v) is 12.1. The number of nitrogens with zero attached hydrogens (tertiary/aromatic N) is 1. The molecular formula is C14H20BrFN2. The molecule has 1 aliphatic rings. The Kier molecular flexibility index (Phi) is 5.15. The van der Waals surface area contributed by atoms with E-state index >= 15 is 0 Å². The van der Waals surface area contributed by atoms with E-state index in [0.29, 0.717) is 6.04 Å². The van der Waals surface area contributed by atoms with E-state index in [0.717, 1.165) is 36.1 Å². The van der Waals surface area contributed by atoms with Crippen LogP contribution in [0.3, 0.4) is 0 Å². The number of hydrogen-bond acceptors (Lipinski definition) is 2. The summed E-state index contributed by atoms with van der Waals surface area (Å²) in [4.78, 5) is 2.48. The Labute approximate surface area is 116 Å². The standard InChI is InChI=1S/C14H20BrFN2/c15-14-9-12(16)5-4-11(14)10-18-8-2-1-3-13(18)6-7-17/h4-5,9,13H,1-3,6-8,10,17H2. The van der Waals surface area contributed by atoms with Crippen LogP contribution in [0.15, 0.2) is 22.7 Å². The highest BCUT2D eigenvalue weighted by molar-refractivity contribution is 9.10. The summed E-state index contributed by atoms with van der Waals surface area (Å²) in [5.74, 6) is -0.192. The smallest absolute Gasteiger partial charge is 0.124 e. The van der Waals surface area contributed by atoms with E-state index in [2.05, 4.69) is 20.8 Å². The first-order chi connectivity index (χ1) is 8.70. The predicted molar refractivity (Wildman–Crippen MR) is 75.8 cm³/mol. The first-order valence-corrected chi connectivity index (χ1v) is 7.38. The fourth-order valence-electron chi connectivity index (χ4n) is 2.66. The summed E-state index contributed by atoms with van der Waals surface area (Å²) in [5.41, 5.74) is 6.83. The van der Waals surface area contributed by atoms with Crippen LogP contribution in [0.4, 0.5) is 4.39 Å². The number of likely N-dealkylation sites (tertiary alicyclic amines) is 1. The van der Waals surface area contributed by atoms with Gasteiger partial charge in [-0.3, -0.25) is 4.90 Å². The van der Waals surface area contributed by atoms with Crippen LogP contribution < -0.4 is 5.73 Å². The number of benzene rings is 1. The first kappa shape index (κ1) is 14.0. The van der Waals surface area contributed by atoms with E-state index in [9.17, 15) is 4.39 Å². The van der Waals surface area contributed by atoms with Crippen molar-refractivity contribution in [3.8, 4) is 0 Å². The number of piperidine rings is 1. The second-order valence-corrected chi connectivity index (χ2v) is 5.79. The fraction of sp³-hybridized carbons (Fsp3) is 0.571. The number of nitrogens with two attached hydrogens (primary N) is 1. The molecule has 1 atom stereocenters. The second-order valence-electron chi connectivity index (χ2n) is 4.93. The molecule has 0 radical (unpaired) electrons. The molecule has 1 fully saturated rings. The van der Waals surface area contributed by atoms with Gasteiger partial charge in [0.15, 0.2) is 0 Å². The number of halogens is 2. The van der Waals surface area contributed by atoms with Crippen molar-refractivity contribution in [3.63, 3.8) is 0 Å². The highest BCUT2D eigenvalue weighted by atomic mass is 79.9. The summed E-state index contributed by atoms with van der Waals surface area (Å²) in [5, 5.41) is 0. The van der Waals surface area contributed by atoms with E-state index in [4.69, 9.17) is 5.73 Å². The van der Waals surface area contributed by atoms with Crippen LogP contribution in [0.5, 0.6) is 0 Å². The van der Waals surface area contributed by atoms with Crippen LogP contribution in [0.25, 0.3) is 0 Å². The van der Waals surface area contributed by atoms with Crippen molar-refractivity contribution >= 4 is 15.9 Å². The summed E-state index contributed by atoms with van der Waals surface area (Å²) >= 11 is 3.44. The Morgan fingerprint density at radius 1 is 1.39 bits per heavy atom. The van der Waals surface area contributed by atoms with Crippen LogP contribution in [-0.2, 0) is 6.54 Å². The van der Waals surface area contributed by atoms with Crippen molar-refractivity contribution < 1.29 is 4.39 Å². The maximum absolute atomic E-state index is 13.1. The summed E-state index contributed by atoms with van der Waals surface area (Å²) < 4.78 is 13.9. The van der Waals surface area contributed by atoms with Crippen molar-refractivity contribution in [1.29, 1.82) is 0 Å². The largest absolute Gasteiger partial charge is 0.330 e. The van der Waals surface area contributed by atoms with Gasteiger partial charge in [0.05, 0.1) is 0 Å². The highest BCUT2D eigenvalue weighted by Crippen LogP contribution is 2.25. The lowest BCUT2D eigenvalue weighted by atomic mass is 9.98. The molecule has 1 aliphatic heterocycles. The van der Waals surface area contributed by atoms with E-state index in [1.807, 2.05) is 6.07 Å². The Hall–Kier alpha value is -0.450. The topological polar surface area (TPSA) is 29.3 Å². The average Bonchev–Trinajstić information content (AvgIpc) is 2.35. The van der Waals surface area contributed by atoms with E-state index < -0.39 is 0 Å². The number of rotatable bonds is 4. The molecule has 0 saturated carbocycles. The van der Waals surface area contributed by atoms with Gasteiger partial charge in [0.2, 0.25) is 0 Å². The van der Waals surface area contributed by atoms with Crippen LogP contribution in [0, 0.1) is 5.82 Å². The van der Waals surface area contributed by atoms with E-state index in [1.54, 1.807) is 0 Å². The minimum Gasteiger partial charge on any atom is -0.330 e. The molecule has 2 N–H and O–H groups in total. The summed E-state index contributed by atoms with van der Waals surface area (Å²) in [6.07, 6.45) is 4.83. The first-order valence-electron chi connectivity index (χ1n) is 6.58. The third-order valence-corrected chi connectivity index (χ3v) is 4.38. The molecule has 1 heterocycles. The molecule has 2 nitrogen and oxygen atoms in total. The van der Waals surface area contributed by atoms with Gasteiger partial charge in [-0.1, -0.05) is 28.4 Å². The highest BCUT2D eigenvalue weighted by Gasteiger charge is 2.22. The molecule has 1 aromatic carbocycles. The van der Waals surface area contributed by atoms with Crippen LogP contribution >= 0.6 is 15.9 Å². The lowest BCUT2D eigenvalue weighted by Crippen LogP contribution is -2.40. The molecule has 18 heavy (non-hydrogen) atoms. The van der Waals surface area contributed by atoms with Gasteiger partial charge in [-0.05, 0) is 50.0 Å². The lowest BCUT2D eigenvalue weighted by Gasteiger charge is -2.35. The van der Waals surface area contributed by atoms with E-state index in [-0.39, 0.29) is 5.82 Å². The van der Waals surface area contributed by atoms with Crippen molar-refractivity contribution in [2.45, 2.75) is 38.3 Å². The molecule has 1 aromatic rings. The molecular weight excluding hydrogens is 295 g/mol. The summed E-state index contributed by atoms with van der Waals surface area (Å²) in [6, 6.07) is 5.52. The van der Waals surface area contributed by atoms with Gasteiger partial charge in [-0.15, -0.1) is 0 Å². The maximum Gasteiger partial charge on any atom is 0.124 e. The molecule has 1 saturated heterocycles. The Balaban J connectivity index is 2.06. The normalized spacial score (nSPS) is 21.2. The third-order valence-electron chi connectivity index (χ3n) is 3.64. The third kappa shape index (κ3) is 3.53. The van der Waals surface area contributed by atoms with Gasteiger partial charge < -0.3 is 5.73 Å². The minimum absolute atomic E-state index is 0.192. The Bertz CT molecular complexity index is 395. The maximum atomic E-state index is 13.1. The van der Waals surface area contributed by atoms with Gasteiger partial charge >= 0.3 is 0 Å². The Morgan fingerprint density at radius 2 is 2.22 bits per heavy atom. The van der Waals surface area contributed by atoms with E-state index in [1.165, 1.54) is 31.4 Å². The van der Waals surface area contributed by atoms with Crippen LogP contribution in [0.1, 0.15) is 31.2 Å². The molecule has 0 bridgehead atoms. The van der Waals surface area contributed by atoms with Crippen molar-refractivity contribution in [1.82, 2.24) is 4.90 Å². The Morgan fingerprint density at radius 3 is 2.94 bits per heavy atom. The quantitative estimate of drug-likeness (QED) is 0.924. The summed E-state index contributed by atoms with van der Waals surface area (Å²) in [7, 11) is 0. The molecule has 4 heteroatoms. The van der Waals surface area contributed by atoms with Crippen LogP contribution in [-0.4, -0.2) is 24.0 Å². The van der Waals surface area contributed by atoms with Gasteiger partial charge in [-0.25, -0.2) is 4.39 Å². The molecule has 0 aromatic heterocycles. The zero-order valence-electron chi connectivity index (χ0n) is 10.5. The van der Waals surface area contributed by atoms with Gasteiger partial charge in [-0.2, -0.15) is 0 Å². The zero-order chi connectivity index (χ0) is 13.0. The minimum atomic E-state index is -0.192. The molecule has 100 valence electrons.